The van der Waals surface area contributed by atoms with Gasteiger partial charge in [-0.05, 0) is 30.7 Å². The Kier molecular flexibility index (Phi) is 3.43. The fourth-order valence-corrected chi connectivity index (χ4v) is 3.75. The van der Waals surface area contributed by atoms with E-state index in [0.29, 0.717) is 10.5 Å². The minimum Gasteiger partial charge on any atom is -0.356 e. The number of benzene rings is 2. The van der Waals surface area contributed by atoms with Crippen LogP contribution in [0.15, 0.2) is 53.5 Å². The van der Waals surface area contributed by atoms with Gasteiger partial charge >= 0.3 is 0 Å². The molecule has 0 atom stereocenters. The summed E-state index contributed by atoms with van der Waals surface area (Å²) < 4.78 is 11.3. The van der Waals surface area contributed by atoms with Crippen LogP contribution < -0.4 is 5.56 Å². The quantitative estimate of drug-likeness (QED) is 0.539. The third-order valence-electron chi connectivity index (χ3n) is 4.74. The van der Waals surface area contributed by atoms with Gasteiger partial charge in [-0.3, -0.25) is 4.79 Å². The molecule has 2 N–H and O–H groups in total. The molecule has 0 amide bonds. The van der Waals surface area contributed by atoms with E-state index in [9.17, 15) is 4.79 Å². The van der Waals surface area contributed by atoms with Crippen molar-refractivity contribution >= 4 is 33.4 Å². The van der Waals surface area contributed by atoms with Gasteiger partial charge in [0.05, 0.1) is 0 Å². The van der Waals surface area contributed by atoms with E-state index >= 15 is 0 Å². The van der Waals surface area contributed by atoms with Crippen molar-refractivity contribution in [1.29, 1.82) is 0 Å². The summed E-state index contributed by atoms with van der Waals surface area (Å²) in [5.74, 6) is 0. The van der Waals surface area contributed by atoms with Gasteiger partial charge in [-0.25, -0.2) is 0 Å². The smallest absolute Gasteiger partial charge is 0.272 e. The van der Waals surface area contributed by atoms with Gasteiger partial charge in [0.2, 0.25) is 0 Å². The molecule has 5 rings (SSSR count). The third-order valence-corrected chi connectivity index (χ3v) is 5.07. The van der Waals surface area contributed by atoms with Crippen LogP contribution in [0.3, 0.4) is 0 Å². The van der Waals surface area contributed by atoms with Gasteiger partial charge < -0.3 is 19.4 Å². The molecule has 1 fully saturated rings. The summed E-state index contributed by atoms with van der Waals surface area (Å²) in [4.78, 5) is 18.4. The molecule has 0 spiro atoms. The molecule has 0 unspecified atom stereocenters. The van der Waals surface area contributed by atoms with Gasteiger partial charge in [-0.15, -0.1) is 0 Å². The zero-order valence-corrected chi connectivity index (χ0v) is 14.6. The van der Waals surface area contributed by atoms with Crippen LogP contribution in [0.25, 0.3) is 32.9 Å². The highest BCUT2D eigenvalue weighted by molar-refractivity contribution is 6.33. The standard InChI is InChI=1S/C20H15ClN2O3/c1-10-25-20(26-10)14-9-22-18-17(14)13-8-11(6-7-16(13)23-19(18)24)12-4-2-3-5-15(12)21/h2-10,20,22H,1H3,(H,23,24). The topological polar surface area (TPSA) is 67.1 Å². The van der Waals surface area contributed by atoms with Crippen molar-refractivity contribution < 1.29 is 9.47 Å². The van der Waals surface area contributed by atoms with Crippen molar-refractivity contribution in [3.05, 3.63) is 69.6 Å². The summed E-state index contributed by atoms with van der Waals surface area (Å²) in [6, 6.07) is 13.6. The van der Waals surface area contributed by atoms with Gasteiger partial charge in [0.1, 0.15) is 5.52 Å². The minimum absolute atomic E-state index is 0.170. The number of halogens is 1. The maximum Gasteiger partial charge on any atom is 0.272 e. The number of pyridine rings is 1. The first kappa shape index (κ1) is 15.6. The molecule has 1 aliphatic rings. The number of hydrogen-bond donors (Lipinski definition) is 2. The summed E-state index contributed by atoms with van der Waals surface area (Å²) in [7, 11) is 0. The number of rotatable bonds is 2. The average Bonchev–Trinajstić information content (AvgIpc) is 3.05. The van der Waals surface area contributed by atoms with E-state index in [1.165, 1.54) is 0 Å². The maximum absolute atomic E-state index is 12.4. The van der Waals surface area contributed by atoms with Crippen molar-refractivity contribution in [2.45, 2.75) is 19.5 Å². The molecule has 0 saturated carbocycles. The summed E-state index contributed by atoms with van der Waals surface area (Å²) in [5, 5.41) is 2.41. The third kappa shape index (κ3) is 2.29. The molecule has 130 valence electrons. The van der Waals surface area contributed by atoms with E-state index in [2.05, 4.69) is 9.97 Å². The monoisotopic (exact) mass is 366 g/mol. The minimum atomic E-state index is -0.465. The Morgan fingerprint density at radius 3 is 2.69 bits per heavy atom. The summed E-state index contributed by atoms with van der Waals surface area (Å²) >= 11 is 6.36. The average molecular weight is 367 g/mol. The Balaban J connectivity index is 1.80. The second-order valence-electron chi connectivity index (χ2n) is 6.36. The lowest BCUT2D eigenvalue weighted by molar-refractivity contribution is -0.382. The number of fused-ring (bicyclic) bond motifs is 3. The molecule has 4 aromatic rings. The Hall–Kier alpha value is -2.60. The molecule has 5 nitrogen and oxygen atoms in total. The highest BCUT2D eigenvalue weighted by Crippen LogP contribution is 2.38. The van der Waals surface area contributed by atoms with Gasteiger partial charge in [-0.2, -0.15) is 0 Å². The second-order valence-corrected chi connectivity index (χ2v) is 6.77. The first-order valence-corrected chi connectivity index (χ1v) is 8.72. The Morgan fingerprint density at radius 1 is 1.12 bits per heavy atom. The summed E-state index contributed by atoms with van der Waals surface area (Å²) in [6.07, 6.45) is 1.07. The second kappa shape index (κ2) is 5.71. The van der Waals surface area contributed by atoms with Crippen LogP contribution in [0.2, 0.25) is 5.02 Å². The van der Waals surface area contributed by atoms with Crippen molar-refractivity contribution in [3.63, 3.8) is 0 Å². The van der Waals surface area contributed by atoms with Crippen LogP contribution in [-0.2, 0) is 9.47 Å². The Morgan fingerprint density at radius 2 is 1.92 bits per heavy atom. The Labute approximate surface area is 153 Å². The lowest BCUT2D eigenvalue weighted by Gasteiger charge is -2.33. The molecular weight excluding hydrogens is 352 g/mol. The van der Waals surface area contributed by atoms with E-state index < -0.39 is 6.29 Å². The molecule has 0 radical (unpaired) electrons. The van der Waals surface area contributed by atoms with E-state index in [0.717, 1.165) is 33.0 Å². The SMILES string of the molecule is CC1OC(c2c[nH]c3c(=O)[nH]c4ccc(-c5ccccc5Cl)cc4c23)O1. The van der Waals surface area contributed by atoms with Crippen molar-refractivity contribution in [1.82, 2.24) is 9.97 Å². The molecular formula is C20H15ClN2O3. The number of ether oxygens (including phenoxy) is 2. The first-order chi connectivity index (χ1) is 12.6. The zero-order valence-electron chi connectivity index (χ0n) is 13.9. The van der Waals surface area contributed by atoms with Gasteiger partial charge in [0, 0.05) is 38.6 Å². The molecule has 2 aromatic carbocycles. The van der Waals surface area contributed by atoms with Crippen LogP contribution in [0, 0.1) is 0 Å². The highest BCUT2D eigenvalue weighted by Gasteiger charge is 2.31. The van der Waals surface area contributed by atoms with Crippen LogP contribution >= 0.6 is 11.6 Å². The van der Waals surface area contributed by atoms with Gasteiger partial charge in [-0.1, -0.05) is 35.9 Å². The molecule has 1 aliphatic heterocycles. The lowest BCUT2D eigenvalue weighted by atomic mass is 10.00. The number of nitrogens with one attached hydrogen (secondary N) is 2. The molecule has 3 heterocycles. The van der Waals surface area contributed by atoms with Crippen LogP contribution in [0.4, 0.5) is 0 Å². The number of hydrogen-bond acceptors (Lipinski definition) is 3. The molecule has 0 bridgehead atoms. The fraction of sp³-hybridized carbons (Fsp3) is 0.150. The molecule has 1 saturated heterocycles. The van der Waals surface area contributed by atoms with Crippen molar-refractivity contribution in [2.24, 2.45) is 0 Å². The van der Waals surface area contributed by atoms with Gasteiger partial charge in [0.15, 0.2) is 12.6 Å². The zero-order chi connectivity index (χ0) is 17.8. The molecule has 2 aromatic heterocycles. The van der Waals surface area contributed by atoms with E-state index in [1.807, 2.05) is 49.4 Å². The lowest BCUT2D eigenvalue weighted by Crippen LogP contribution is -2.31. The normalized spacial score (nSPS) is 19.8. The molecule has 26 heavy (non-hydrogen) atoms. The number of aromatic amines is 2. The van der Waals surface area contributed by atoms with Crippen molar-refractivity contribution in [2.75, 3.05) is 0 Å². The van der Waals surface area contributed by atoms with Gasteiger partial charge in [0.25, 0.3) is 5.56 Å². The Bertz CT molecular complexity index is 1200. The molecule has 6 heteroatoms. The van der Waals surface area contributed by atoms with E-state index in [1.54, 1.807) is 6.20 Å². The van der Waals surface area contributed by atoms with Crippen LogP contribution in [0.5, 0.6) is 0 Å². The largest absolute Gasteiger partial charge is 0.356 e. The van der Waals surface area contributed by atoms with Crippen LogP contribution in [0.1, 0.15) is 18.8 Å². The summed E-state index contributed by atoms with van der Waals surface area (Å²) in [5.41, 5.74) is 3.84. The molecule has 0 aliphatic carbocycles. The summed E-state index contributed by atoms with van der Waals surface area (Å²) in [6.45, 7) is 1.84. The maximum atomic E-state index is 12.4. The highest BCUT2D eigenvalue weighted by atomic mass is 35.5. The van der Waals surface area contributed by atoms with E-state index in [4.69, 9.17) is 21.1 Å². The van der Waals surface area contributed by atoms with Crippen molar-refractivity contribution in [3.8, 4) is 11.1 Å². The predicted octanol–water partition coefficient (Wildman–Crippen LogP) is 4.72. The van der Waals surface area contributed by atoms with E-state index in [-0.39, 0.29) is 11.8 Å². The number of aromatic nitrogens is 2. The number of H-pyrrole nitrogens is 2. The predicted molar refractivity (Wildman–Crippen MR) is 101 cm³/mol. The fourth-order valence-electron chi connectivity index (χ4n) is 3.51. The van der Waals surface area contributed by atoms with Crippen LogP contribution in [-0.4, -0.2) is 16.3 Å². The first-order valence-electron chi connectivity index (χ1n) is 8.34.